The number of amides is 1. The molecule has 4 heteroatoms. The number of hydrogen-bond acceptors (Lipinski definition) is 3. The monoisotopic (exact) mass is 267 g/mol. The number of aromatic hydroxyl groups is 1. The summed E-state index contributed by atoms with van der Waals surface area (Å²) >= 11 is 1.73. The van der Waals surface area contributed by atoms with Crippen LogP contribution in [0.5, 0.6) is 5.75 Å². The van der Waals surface area contributed by atoms with Crippen LogP contribution < -0.4 is 0 Å². The van der Waals surface area contributed by atoms with Crippen molar-refractivity contribution in [2.75, 3.05) is 19.1 Å². The number of phenolic OH excluding ortho intramolecular Hbond substituents is 1. The molecule has 100 valence electrons. The van der Waals surface area contributed by atoms with Gasteiger partial charge in [0, 0.05) is 18.8 Å². The molecule has 18 heavy (non-hydrogen) atoms. The summed E-state index contributed by atoms with van der Waals surface area (Å²) in [5.74, 6) is 0.847. The van der Waals surface area contributed by atoms with Gasteiger partial charge in [-0.1, -0.05) is 18.6 Å². The lowest BCUT2D eigenvalue weighted by Crippen LogP contribution is -2.38. The van der Waals surface area contributed by atoms with Gasteiger partial charge < -0.3 is 10.0 Å². The molecule has 0 aliphatic rings. The molecule has 0 radical (unpaired) electrons. The Balaban J connectivity index is 2.95. The molecule has 0 heterocycles. The number of benzene rings is 1. The lowest BCUT2D eigenvalue weighted by Gasteiger charge is -2.27. The third kappa shape index (κ3) is 3.42. The minimum Gasteiger partial charge on any atom is -0.507 e. The van der Waals surface area contributed by atoms with Crippen molar-refractivity contribution >= 4 is 17.7 Å². The van der Waals surface area contributed by atoms with Gasteiger partial charge in [-0.3, -0.25) is 4.79 Å². The maximum absolute atomic E-state index is 12.3. The van der Waals surface area contributed by atoms with E-state index in [4.69, 9.17) is 0 Å². The van der Waals surface area contributed by atoms with E-state index in [9.17, 15) is 9.90 Å². The largest absolute Gasteiger partial charge is 0.507 e. The number of phenols is 1. The van der Waals surface area contributed by atoms with Gasteiger partial charge in [0.15, 0.2) is 0 Å². The Morgan fingerprint density at radius 2 is 2.17 bits per heavy atom. The first-order valence-electron chi connectivity index (χ1n) is 6.07. The predicted molar refractivity (Wildman–Crippen MR) is 77.4 cm³/mol. The maximum atomic E-state index is 12.3. The fraction of sp³-hybridized carbons (Fsp3) is 0.500. The lowest BCUT2D eigenvalue weighted by molar-refractivity contribution is 0.0740. The Labute approximate surface area is 113 Å². The van der Waals surface area contributed by atoms with Gasteiger partial charge in [-0.2, -0.15) is 11.8 Å². The Hall–Kier alpha value is -1.16. The van der Waals surface area contributed by atoms with E-state index in [1.807, 2.05) is 13.2 Å². The van der Waals surface area contributed by atoms with Gasteiger partial charge >= 0.3 is 0 Å². The van der Waals surface area contributed by atoms with Crippen molar-refractivity contribution in [1.29, 1.82) is 0 Å². The van der Waals surface area contributed by atoms with E-state index >= 15 is 0 Å². The lowest BCUT2D eigenvalue weighted by atomic mass is 10.1. The predicted octanol–water partition coefficient (Wildman–Crippen LogP) is 2.91. The third-order valence-electron chi connectivity index (χ3n) is 3.08. The second kappa shape index (κ2) is 6.69. The summed E-state index contributed by atoms with van der Waals surface area (Å²) in [7, 11) is 1.80. The summed E-state index contributed by atoms with van der Waals surface area (Å²) in [6, 6.07) is 5.31. The summed E-state index contributed by atoms with van der Waals surface area (Å²) in [6.45, 7) is 3.98. The van der Waals surface area contributed by atoms with Crippen molar-refractivity contribution in [2.24, 2.45) is 0 Å². The highest BCUT2D eigenvalue weighted by atomic mass is 32.2. The number of carbonyl (C=O) groups is 1. The molecule has 1 aromatic rings. The first kappa shape index (κ1) is 14.9. The van der Waals surface area contributed by atoms with E-state index in [1.165, 1.54) is 0 Å². The number of hydrogen-bond donors (Lipinski definition) is 1. The standard InChI is InChI=1S/C14H21NO2S/c1-5-11(9-18-4)15(3)14(17)12-8-10(2)6-7-13(12)16/h6-8,11,16H,5,9H2,1-4H3. The zero-order valence-electron chi connectivity index (χ0n) is 11.4. The second-order valence-corrected chi connectivity index (χ2v) is 5.36. The van der Waals surface area contributed by atoms with Crippen LogP contribution in [0.4, 0.5) is 0 Å². The summed E-state index contributed by atoms with van der Waals surface area (Å²) in [4.78, 5) is 14.1. The molecule has 1 N–H and O–H groups in total. The molecule has 0 aliphatic carbocycles. The molecule has 1 rings (SSSR count). The van der Waals surface area contributed by atoms with Crippen LogP contribution in [-0.4, -0.2) is 41.0 Å². The van der Waals surface area contributed by atoms with Crippen LogP contribution in [0.2, 0.25) is 0 Å². The smallest absolute Gasteiger partial charge is 0.257 e. The average molecular weight is 267 g/mol. The number of thioether (sulfide) groups is 1. The Morgan fingerprint density at radius 1 is 1.50 bits per heavy atom. The van der Waals surface area contributed by atoms with Gasteiger partial charge in [-0.15, -0.1) is 0 Å². The summed E-state index contributed by atoms with van der Waals surface area (Å²) in [5, 5.41) is 9.79. The first-order chi connectivity index (χ1) is 8.51. The molecule has 0 saturated carbocycles. The van der Waals surface area contributed by atoms with Crippen LogP contribution in [0.3, 0.4) is 0 Å². The van der Waals surface area contributed by atoms with Gasteiger partial charge in [-0.05, 0) is 31.7 Å². The van der Waals surface area contributed by atoms with Gasteiger partial charge in [0.05, 0.1) is 5.56 Å². The Kier molecular flexibility index (Phi) is 5.54. The van der Waals surface area contributed by atoms with Crippen LogP contribution in [0.25, 0.3) is 0 Å². The molecule has 0 spiro atoms. The van der Waals surface area contributed by atoms with E-state index < -0.39 is 0 Å². The fourth-order valence-corrected chi connectivity index (χ4v) is 2.72. The van der Waals surface area contributed by atoms with E-state index in [2.05, 4.69) is 6.92 Å². The molecule has 0 fully saturated rings. The maximum Gasteiger partial charge on any atom is 0.257 e. The van der Waals surface area contributed by atoms with E-state index in [1.54, 1.807) is 41.9 Å². The fourth-order valence-electron chi connectivity index (χ4n) is 1.87. The quantitative estimate of drug-likeness (QED) is 0.891. The summed E-state index contributed by atoms with van der Waals surface area (Å²) < 4.78 is 0. The molecular weight excluding hydrogens is 246 g/mol. The van der Waals surface area contributed by atoms with Crippen molar-refractivity contribution in [1.82, 2.24) is 4.90 Å². The molecule has 0 aromatic heterocycles. The highest BCUT2D eigenvalue weighted by Crippen LogP contribution is 2.21. The highest BCUT2D eigenvalue weighted by Gasteiger charge is 2.21. The summed E-state index contributed by atoms with van der Waals surface area (Å²) in [6.07, 6.45) is 2.95. The number of aryl methyl sites for hydroxylation is 1. The van der Waals surface area contributed by atoms with Crippen LogP contribution in [0.15, 0.2) is 18.2 Å². The van der Waals surface area contributed by atoms with E-state index in [-0.39, 0.29) is 17.7 Å². The van der Waals surface area contributed by atoms with Gasteiger partial charge in [-0.25, -0.2) is 0 Å². The first-order valence-corrected chi connectivity index (χ1v) is 7.46. The van der Waals surface area contributed by atoms with E-state index in [0.717, 1.165) is 17.7 Å². The molecule has 1 atom stereocenters. The second-order valence-electron chi connectivity index (χ2n) is 4.45. The average Bonchev–Trinajstić information content (AvgIpc) is 2.37. The number of nitrogens with zero attached hydrogens (tertiary/aromatic N) is 1. The third-order valence-corrected chi connectivity index (χ3v) is 3.80. The zero-order chi connectivity index (χ0) is 13.7. The normalized spacial score (nSPS) is 12.2. The molecule has 1 unspecified atom stereocenters. The number of rotatable bonds is 5. The topological polar surface area (TPSA) is 40.5 Å². The van der Waals surface area contributed by atoms with Crippen molar-refractivity contribution < 1.29 is 9.90 Å². The number of carbonyl (C=O) groups excluding carboxylic acids is 1. The molecule has 3 nitrogen and oxygen atoms in total. The Bertz CT molecular complexity index is 420. The van der Waals surface area contributed by atoms with Crippen LogP contribution in [0, 0.1) is 6.92 Å². The van der Waals surface area contributed by atoms with Crippen molar-refractivity contribution in [2.45, 2.75) is 26.3 Å². The van der Waals surface area contributed by atoms with Gasteiger partial charge in [0.1, 0.15) is 5.75 Å². The van der Waals surface area contributed by atoms with Crippen LogP contribution in [-0.2, 0) is 0 Å². The van der Waals surface area contributed by atoms with Crippen molar-refractivity contribution in [3.8, 4) is 5.75 Å². The molecule has 0 aliphatic heterocycles. The molecule has 1 amide bonds. The molecule has 1 aromatic carbocycles. The highest BCUT2D eigenvalue weighted by molar-refractivity contribution is 7.98. The van der Waals surface area contributed by atoms with Gasteiger partial charge in [0.25, 0.3) is 5.91 Å². The van der Waals surface area contributed by atoms with Crippen LogP contribution in [0.1, 0.15) is 29.3 Å². The van der Waals surface area contributed by atoms with E-state index in [0.29, 0.717) is 5.56 Å². The van der Waals surface area contributed by atoms with Crippen molar-refractivity contribution in [3.05, 3.63) is 29.3 Å². The molecule has 0 bridgehead atoms. The van der Waals surface area contributed by atoms with Crippen molar-refractivity contribution in [3.63, 3.8) is 0 Å². The zero-order valence-corrected chi connectivity index (χ0v) is 12.3. The minimum atomic E-state index is -0.114. The molecule has 0 saturated heterocycles. The van der Waals surface area contributed by atoms with Gasteiger partial charge in [0.2, 0.25) is 0 Å². The van der Waals surface area contributed by atoms with Crippen LogP contribution >= 0.6 is 11.8 Å². The summed E-state index contributed by atoms with van der Waals surface area (Å²) in [5.41, 5.74) is 1.36. The molecular formula is C14H21NO2S. The Morgan fingerprint density at radius 3 is 2.72 bits per heavy atom. The SMILES string of the molecule is CCC(CSC)N(C)C(=O)c1cc(C)ccc1O. The minimum absolute atomic E-state index is 0.0523.